The molecule has 1 unspecified atom stereocenters. The fourth-order valence-electron chi connectivity index (χ4n) is 1.99. The Morgan fingerprint density at radius 2 is 2.00 bits per heavy atom. The molecule has 1 aromatic carbocycles. The summed E-state index contributed by atoms with van der Waals surface area (Å²) >= 11 is 7.50. The van der Waals surface area contributed by atoms with E-state index in [1.54, 1.807) is 12.3 Å². The van der Waals surface area contributed by atoms with Gasteiger partial charge in [-0.2, -0.15) is 0 Å². The number of benzene rings is 1. The smallest absolute Gasteiger partial charge is 0.132 e. The predicted molar refractivity (Wildman–Crippen MR) is 75.1 cm³/mol. The van der Waals surface area contributed by atoms with E-state index in [0.717, 1.165) is 15.6 Å². The van der Waals surface area contributed by atoms with Crippen LogP contribution in [0, 0.1) is 0 Å². The normalized spacial score (nSPS) is 12.8. The van der Waals surface area contributed by atoms with Gasteiger partial charge in [0.25, 0.3) is 0 Å². The minimum Gasteiger partial charge on any atom is -0.381 e. The lowest BCUT2D eigenvalue weighted by Gasteiger charge is -2.11. The molecule has 0 amide bonds. The Balaban J connectivity index is 2.18. The number of pyridine rings is 1. The summed E-state index contributed by atoms with van der Waals surface area (Å²) in [5, 5.41) is 14.9. The maximum absolute atomic E-state index is 10.4. The summed E-state index contributed by atoms with van der Waals surface area (Å²) in [6.45, 7) is 0. The van der Waals surface area contributed by atoms with Gasteiger partial charge in [0.15, 0.2) is 0 Å². The zero-order chi connectivity index (χ0) is 12.5. The highest BCUT2D eigenvalue weighted by Crippen LogP contribution is 2.34. The number of aliphatic hydroxyl groups is 1. The topological polar surface area (TPSA) is 33.1 Å². The first-order valence-electron chi connectivity index (χ1n) is 5.52. The summed E-state index contributed by atoms with van der Waals surface area (Å²) in [5.41, 5.74) is 0.650. The molecule has 0 fully saturated rings. The number of nitrogens with zero attached hydrogens (tertiary/aromatic N) is 1. The van der Waals surface area contributed by atoms with Crippen LogP contribution in [0.25, 0.3) is 10.8 Å². The Bertz CT molecular complexity index is 690. The molecule has 0 aliphatic rings. The highest BCUT2D eigenvalue weighted by molar-refractivity contribution is 7.10. The van der Waals surface area contributed by atoms with Crippen molar-refractivity contribution in [3.05, 3.63) is 63.6 Å². The molecular weight excluding hydrogens is 266 g/mol. The Hall–Kier alpha value is -1.42. The fraction of sp³-hybridized carbons (Fsp3) is 0.0714. The van der Waals surface area contributed by atoms with E-state index in [4.69, 9.17) is 11.6 Å². The third-order valence-corrected chi connectivity index (χ3v) is 4.27. The highest BCUT2D eigenvalue weighted by Gasteiger charge is 2.18. The molecule has 0 saturated carbocycles. The number of aliphatic hydroxyl groups excluding tert-OH is 1. The van der Waals surface area contributed by atoms with Crippen LogP contribution in [-0.2, 0) is 0 Å². The number of hydrogen-bond donors (Lipinski definition) is 1. The van der Waals surface area contributed by atoms with E-state index < -0.39 is 6.10 Å². The standard InChI is InChI=1S/C14H10ClNOS/c15-11-6-8-18-14(11)13(17)12-10-4-2-1-3-9(10)5-7-16-12/h1-8,13,17H. The Labute approximate surface area is 113 Å². The van der Waals surface area contributed by atoms with E-state index in [2.05, 4.69) is 4.98 Å². The van der Waals surface area contributed by atoms with Gasteiger partial charge < -0.3 is 5.11 Å². The van der Waals surface area contributed by atoms with E-state index >= 15 is 0 Å². The van der Waals surface area contributed by atoms with Crippen molar-refractivity contribution in [1.82, 2.24) is 4.98 Å². The van der Waals surface area contributed by atoms with Crippen LogP contribution in [0.4, 0.5) is 0 Å². The van der Waals surface area contributed by atoms with E-state index in [1.165, 1.54) is 11.3 Å². The van der Waals surface area contributed by atoms with Crippen LogP contribution >= 0.6 is 22.9 Å². The van der Waals surface area contributed by atoms with Crippen LogP contribution in [0.2, 0.25) is 5.02 Å². The van der Waals surface area contributed by atoms with Crippen molar-refractivity contribution in [2.75, 3.05) is 0 Å². The van der Waals surface area contributed by atoms with Crippen molar-refractivity contribution in [3.8, 4) is 0 Å². The molecule has 2 nitrogen and oxygen atoms in total. The lowest BCUT2D eigenvalue weighted by atomic mass is 10.1. The lowest BCUT2D eigenvalue weighted by molar-refractivity contribution is 0.221. The Kier molecular flexibility index (Phi) is 3.04. The predicted octanol–water partition coefficient (Wildman–Crippen LogP) is 4.03. The fourth-order valence-corrected chi connectivity index (χ4v) is 3.13. The van der Waals surface area contributed by atoms with Crippen molar-refractivity contribution in [2.45, 2.75) is 6.10 Å². The summed E-state index contributed by atoms with van der Waals surface area (Å²) in [4.78, 5) is 5.04. The van der Waals surface area contributed by atoms with Crippen LogP contribution in [0.3, 0.4) is 0 Å². The molecular formula is C14H10ClNOS. The van der Waals surface area contributed by atoms with Gasteiger partial charge in [-0.25, -0.2) is 0 Å². The molecule has 1 N–H and O–H groups in total. The summed E-state index contributed by atoms with van der Waals surface area (Å²) in [5.74, 6) is 0. The molecule has 4 heteroatoms. The second kappa shape index (κ2) is 4.69. The van der Waals surface area contributed by atoms with Crippen molar-refractivity contribution < 1.29 is 5.11 Å². The van der Waals surface area contributed by atoms with Gasteiger partial charge in [0.2, 0.25) is 0 Å². The van der Waals surface area contributed by atoms with Gasteiger partial charge in [-0.05, 0) is 22.9 Å². The number of fused-ring (bicyclic) bond motifs is 1. The second-order valence-corrected chi connectivity index (χ2v) is 5.31. The largest absolute Gasteiger partial charge is 0.381 e. The lowest BCUT2D eigenvalue weighted by Crippen LogP contribution is -2.01. The van der Waals surface area contributed by atoms with E-state index in [9.17, 15) is 5.11 Å². The number of rotatable bonds is 2. The summed E-state index contributed by atoms with van der Waals surface area (Å²) in [6.07, 6.45) is 0.936. The molecule has 0 bridgehead atoms. The third kappa shape index (κ3) is 1.90. The average Bonchev–Trinajstić information content (AvgIpc) is 2.83. The SMILES string of the molecule is OC(c1sccc1Cl)c1nccc2ccccc12. The Morgan fingerprint density at radius 3 is 2.78 bits per heavy atom. The number of aromatic nitrogens is 1. The van der Waals surface area contributed by atoms with Gasteiger partial charge in [0.05, 0.1) is 15.6 Å². The van der Waals surface area contributed by atoms with Gasteiger partial charge in [-0.3, -0.25) is 4.98 Å². The van der Waals surface area contributed by atoms with Gasteiger partial charge in [0.1, 0.15) is 6.10 Å². The molecule has 0 aliphatic heterocycles. The van der Waals surface area contributed by atoms with E-state index in [0.29, 0.717) is 10.7 Å². The zero-order valence-corrected chi connectivity index (χ0v) is 10.9. The maximum Gasteiger partial charge on any atom is 0.132 e. The number of halogens is 1. The zero-order valence-electron chi connectivity index (χ0n) is 9.38. The minimum absolute atomic E-state index is 0.585. The highest BCUT2D eigenvalue weighted by atomic mass is 35.5. The second-order valence-electron chi connectivity index (χ2n) is 3.95. The quantitative estimate of drug-likeness (QED) is 0.766. The maximum atomic E-state index is 10.4. The van der Waals surface area contributed by atoms with Crippen molar-refractivity contribution in [1.29, 1.82) is 0 Å². The monoisotopic (exact) mass is 275 g/mol. The molecule has 3 aromatic rings. The first-order chi connectivity index (χ1) is 8.77. The molecule has 2 heterocycles. The Morgan fingerprint density at radius 1 is 1.17 bits per heavy atom. The molecule has 90 valence electrons. The molecule has 0 aliphatic carbocycles. The molecule has 2 aromatic heterocycles. The molecule has 3 rings (SSSR count). The van der Waals surface area contributed by atoms with Crippen molar-refractivity contribution in [3.63, 3.8) is 0 Å². The summed E-state index contributed by atoms with van der Waals surface area (Å²) in [7, 11) is 0. The van der Waals surface area contributed by atoms with Crippen molar-refractivity contribution >= 4 is 33.7 Å². The molecule has 0 radical (unpaired) electrons. The average molecular weight is 276 g/mol. The first kappa shape index (κ1) is 11.7. The molecule has 0 saturated heterocycles. The van der Waals surface area contributed by atoms with Crippen LogP contribution in [0.5, 0.6) is 0 Å². The first-order valence-corrected chi connectivity index (χ1v) is 6.78. The van der Waals surface area contributed by atoms with Gasteiger partial charge >= 0.3 is 0 Å². The van der Waals surface area contributed by atoms with Gasteiger partial charge in [-0.15, -0.1) is 11.3 Å². The molecule has 18 heavy (non-hydrogen) atoms. The van der Waals surface area contributed by atoms with Crippen LogP contribution in [0.15, 0.2) is 48.0 Å². The van der Waals surface area contributed by atoms with E-state index in [-0.39, 0.29) is 0 Å². The number of thiophene rings is 1. The third-order valence-electron chi connectivity index (χ3n) is 2.86. The van der Waals surface area contributed by atoms with Gasteiger partial charge in [-0.1, -0.05) is 35.9 Å². The minimum atomic E-state index is -0.774. The van der Waals surface area contributed by atoms with Crippen LogP contribution < -0.4 is 0 Å². The van der Waals surface area contributed by atoms with Crippen molar-refractivity contribution in [2.24, 2.45) is 0 Å². The molecule has 0 spiro atoms. The summed E-state index contributed by atoms with van der Waals surface area (Å²) in [6, 6.07) is 11.6. The van der Waals surface area contributed by atoms with E-state index in [1.807, 2.05) is 35.7 Å². The van der Waals surface area contributed by atoms with Crippen LogP contribution in [-0.4, -0.2) is 10.1 Å². The van der Waals surface area contributed by atoms with Gasteiger partial charge in [0, 0.05) is 11.6 Å². The summed E-state index contributed by atoms with van der Waals surface area (Å²) < 4.78 is 0. The van der Waals surface area contributed by atoms with Crippen LogP contribution in [0.1, 0.15) is 16.7 Å². The number of hydrogen-bond acceptors (Lipinski definition) is 3. The molecule has 1 atom stereocenters.